The van der Waals surface area contributed by atoms with Crippen molar-refractivity contribution in [1.29, 1.82) is 0 Å². The second-order valence-electron chi connectivity index (χ2n) is 9.52. The number of allylic oxidation sites excluding steroid dienone is 1. The highest BCUT2D eigenvalue weighted by molar-refractivity contribution is 7.07. The maximum Gasteiger partial charge on any atom is 0.338 e. The van der Waals surface area contributed by atoms with Gasteiger partial charge in [0.25, 0.3) is 11.2 Å². The van der Waals surface area contributed by atoms with Gasteiger partial charge in [-0.2, -0.15) is 0 Å². The summed E-state index contributed by atoms with van der Waals surface area (Å²) < 4.78 is 12.8. The van der Waals surface area contributed by atoms with Crippen molar-refractivity contribution < 1.29 is 18.9 Å². The van der Waals surface area contributed by atoms with Crippen molar-refractivity contribution in [3.63, 3.8) is 0 Å². The monoisotopic (exact) mass is 577 g/mol. The van der Waals surface area contributed by atoms with E-state index in [4.69, 9.17) is 20.8 Å². The molecule has 204 valence electrons. The van der Waals surface area contributed by atoms with Gasteiger partial charge in [-0.05, 0) is 48.2 Å². The summed E-state index contributed by atoms with van der Waals surface area (Å²) in [7, 11) is 1.30. The van der Waals surface area contributed by atoms with Crippen LogP contribution in [0.25, 0.3) is 17.4 Å². The van der Waals surface area contributed by atoms with Crippen LogP contribution in [0.4, 0.5) is 5.69 Å². The quantitative estimate of drug-likeness (QED) is 0.173. The van der Waals surface area contributed by atoms with Gasteiger partial charge in [-0.1, -0.05) is 61.1 Å². The Hall–Kier alpha value is -4.28. The van der Waals surface area contributed by atoms with Gasteiger partial charge in [-0.15, -0.1) is 0 Å². The highest BCUT2D eigenvalue weighted by Gasteiger charge is 2.33. The van der Waals surface area contributed by atoms with E-state index in [1.807, 2.05) is 24.3 Å². The number of rotatable bonds is 6. The van der Waals surface area contributed by atoms with Gasteiger partial charge in [-0.3, -0.25) is 19.5 Å². The summed E-state index contributed by atoms with van der Waals surface area (Å²) in [4.78, 5) is 42.3. The van der Waals surface area contributed by atoms with Crippen molar-refractivity contribution in [1.82, 2.24) is 4.57 Å². The molecular weight excluding hydrogens is 554 g/mol. The summed E-state index contributed by atoms with van der Waals surface area (Å²) in [5.74, 6) is 0.525. The molecule has 0 radical (unpaired) electrons. The van der Waals surface area contributed by atoms with E-state index in [1.54, 1.807) is 31.2 Å². The molecule has 5 rings (SSSR count). The summed E-state index contributed by atoms with van der Waals surface area (Å²) in [6.45, 7) is 5.91. The van der Waals surface area contributed by atoms with Crippen LogP contribution in [0, 0.1) is 10.1 Å². The number of benzene rings is 2. The molecule has 0 saturated heterocycles. The second-order valence-corrected chi connectivity index (χ2v) is 10.9. The molecule has 0 bridgehead atoms. The molecule has 0 aliphatic carbocycles. The number of fused-ring (bicyclic) bond motifs is 1. The van der Waals surface area contributed by atoms with Crippen LogP contribution < -0.4 is 14.9 Å². The number of carbonyl (C=O) groups is 1. The molecular formula is C29H24ClN3O6S. The van der Waals surface area contributed by atoms with E-state index in [1.165, 1.54) is 35.1 Å². The zero-order valence-electron chi connectivity index (χ0n) is 22.0. The van der Waals surface area contributed by atoms with Gasteiger partial charge in [0.15, 0.2) is 4.80 Å². The number of furan rings is 1. The first kappa shape index (κ1) is 27.3. The molecule has 2 aromatic carbocycles. The van der Waals surface area contributed by atoms with Crippen LogP contribution in [0.3, 0.4) is 0 Å². The normalized spacial score (nSPS) is 15.2. The number of nitrogens with zero attached hydrogens (tertiary/aromatic N) is 3. The molecule has 3 heterocycles. The SMILES string of the molecule is COC(=O)C1=C(C)N=c2sc(=Cc3ccc(-c4ccc(Cl)c([N+](=O)[O-])c4)o3)c(=O)n2C1c1ccc(C(C)C)cc1. The van der Waals surface area contributed by atoms with Gasteiger partial charge in [0.1, 0.15) is 16.5 Å². The number of hydrogen-bond donors (Lipinski definition) is 0. The molecule has 0 spiro atoms. The van der Waals surface area contributed by atoms with Crippen molar-refractivity contribution in [2.24, 2.45) is 4.99 Å². The van der Waals surface area contributed by atoms with Crippen LogP contribution >= 0.6 is 22.9 Å². The predicted octanol–water partition coefficient (Wildman–Crippen LogP) is 5.35. The molecule has 1 unspecified atom stereocenters. The Balaban J connectivity index is 1.61. The molecule has 1 atom stereocenters. The maximum absolute atomic E-state index is 13.8. The Morgan fingerprint density at radius 1 is 1.20 bits per heavy atom. The summed E-state index contributed by atoms with van der Waals surface area (Å²) >= 11 is 7.11. The maximum atomic E-state index is 13.8. The number of methoxy groups -OCH3 is 1. The molecule has 2 aromatic heterocycles. The van der Waals surface area contributed by atoms with Gasteiger partial charge in [-0.25, -0.2) is 9.79 Å². The van der Waals surface area contributed by atoms with Gasteiger partial charge in [0.2, 0.25) is 0 Å². The zero-order chi connectivity index (χ0) is 28.7. The lowest BCUT2D eigenvalue weighted by Crippen LogP contribution is -2.39. The van der Waals surface area contributed by atoms with Gasteiger partial charge in [0, 0.05) is 17.7 Å². The highest BCUT2D eigenvalue weighted by Crippen LogP contribution is 2.33. The van der Waals surface area contributed by atoms with Crippen LogP contribution in [0.2, 0.25) is 5.02 Å². The standard InChI is InChI=1S/C29H24ClN3O6S/c1-15(2)17-5-7-18(8-6-17)26-25(28(35)38-4)16(3)31-29-32(26)27(34)24(40-29)14-20-10-12-23(39-20)19-9-11-21(30)22(13-19)33(36)37/h5-15,26H,1-4H3. The summed E-state index contributed by atoms with van der Waals surface area (Å²) in [6.07, 6.45) is 1.59. The van der Waals surface area contributed by atoms with E-state index in [9.17, 15) is 19.7 Å². The third kappa shape index (κ3) is 4.91. The first-order chi connectivity index (χ1) is 19.1. The highest BCUT2D eigenvalue weighted by atomic mass is 35.5. The smallest absolute Gasteiger partial charge is 0.338 e. The largest absolute Gasteiger partial charge is 0.466 e. The summed E-state index contributed by atoms with van der Waals surface area (Å²) in [5, 5.41) is 11.3. The van der Waals surface area contributed by atoms with E-state index >= 15 is 0 Å². The van der Waals surface area contributed by atoms with E-state index in [0.717, 1.165) is 11.1 Å². The Bertz CT molecular complexity index is 1860. The van der Waals surface area contributed by atoms with Crippen LogP contribution in [0.5, 0.6) is 0 Å². The summed E-state index contributed by atoms with van der Waals surface area (Å²) in [6, 6.07) is 14.8. The van der Waals surface area contributed by atoms with Crippen molar-refractivity contribution in [2.45, 2.75) is 32.7 Å². The Morgan fingerprint density at radius 3 is 2.58 bits per heavy atom. The first-order valence-electron chi connectivity index (χ1n) is 12.3. The summed E-state index contributed by atoms with van der Waals surface area (Å²) in [5.41, 5.74) is 2.57. The lowest BCUT2D eigenvalue weighted by molar-refractivity contribution is -0.384. The number of esters is 1. The fraction of sp³-hybridized carbons (Fsp3) is 0.207. The molecule has 11 heteroatoms. The molecule has 40 heavy (non-hydrogen) atoms. The number of thiazole rings is 1. The molecule has 9 nitrogen and oxygen atoms in total. The van der Waals surface area contributed by atoms with Gasteiger partial charge in [0.05, 0.1) is 33.9 Å². The van der Waals surface area contributed by atoms with E-state index in [0.29, 0.717) is 43.6 Å². The Kier molecular flexibility index (Phi) is 7.31. The van der Waals surface area contributed by atoms with Crippen molar-refractivity contribution >= 4 is 40.7 Å². The van der Waals surface area contributed by atoms with E-state index in [-0.39, 0.29) is 16.3 Å². The minimum atomic E-state index is -0.714. The third-order valence-corrected chi connectivity index (χ3v) is 7.98. The van der Waals surface area contributed by atoms with E-state index in [2.05, 4.69) is 18.8 Å². The lowest BCUT2D eigenvalue weighted by Gasteiger charge is -2.24. The molecule has 0 amide bonds. The number of ether oxygens (including phenoxy) is 1. The fourth-order valence-corrected chi connectivity index (χ4v) is 5.81. The van der Waals surface area contributed by atoms with Crippen LogP contribution in [0.15, 0.2) is 80.1 Å². The average Bonchev–Trinajstić information content (AvgIpc) is 3.52. The molecule has 1 aliphatic heterocycles. The minimum Gasteiger partial charge on any atom is -0.466 e. The molecule has 4 aromatic rings. The molecule has 0 N–H and O–H groups in total. The van der Waals surface area contributed by atoms with Gasteiger partial charge < -0.3 is 9.15 Å². The number of carbonyl (C=O) groups excluding carboxylic acids is 1. The fourth-order valence-electron chi connectivity index (χ4n) is 4.59. The number of halogens is 1. The van der Waals surface area contributed by atoms with Crippen molar-refractivity contribution in [2.75, 3.05) is 7.11 Å². The van der Waals surface area contributed by atoms with Crippen LogP contribution in [-0.2, 0) is 9.53 Å². The predicted molar refractivity (Wildman–Crippen MR) is 152 cm³/mol. The number of hydrogen-bond acceptors (Lipinski definition) is 8. The van der Waals surface area contributed by atoms with E-state index < -0.39 is 16.9 Å². The van der Waals surface area contributed by atoms with Crippen molar-refractivity contribution in [3.05, 3.63) is 118 Å². The van der Waals surface area contributed by atoms with Crippen molar-refractivity contribution in [3.8, 4) is 11.3 Å². The minimum absolute atomic E-state index is 0.0247. The number of nitro groups is 1. The third-order valence-electron chi connectivity index (χ3n) is 6.67. The first-order valence-corrected chi connectivity index (χ1v) is 13.5. The molecule has 0 fully saturated rings. The van der Waals surface area contributed by atoms with Crippen LogP contribution in [0.1, 0.15) is 49.6 Å². The molecule has 0 saturated carbocycles. The Labute approximate surface area is 237 Å². The lowest BCUT2D eigenvalue weighted by atomic mass is 9.93. The number of aromatic nitrogens is 1. The van der Waals surface area contributed by atoms with Gasteiger partial charge >= 0.3 is 5.97 Å². The molecule has 1 aliphatic rings. The number of nitro benzene ring substituents is 1. The topological polar surface area (TPSA) is 117 Å². The second kappa shape index (κ2) is 10.7. The Morgan fingerprint density at radius 2 is 1.93 bits per heavy atom. The zero-order valence-corrected chi connectivity index (χ0v) is 23.6. The van der Waals surface area contributed by atoms with Crippen LogP contribution in [-0.4, -0.2) is 22.6 Å². The average molecular weight is 578 g/mol.